The molecule has 2 aliphatic heterocycles. The Labute approximate surface area is 286 Å². The molecule has 2 fully saturated rings. The van der Waals surface area contributed by atoms with E-state index in [2.05, 4.69) is 44.3 Å². The Bertz CT molecular complexity index is 2010. The summed E-state index contributed by atoms with van der Waals surface area (Å²) in [6.07, 6.45) is 6.94. The average Bonchev–Trinajstić information content (AvgIpc) is 4.03. The van der Waals surface area contributed by atoms with Crippen LogP contribution in [0.1, 0.15) is 48.2 Å². The van der Waals surface area contributed by atoms with E-state index >= 15 is 0 Å². The van der Waals surface area contributed by atoms with E-state index in [0.29, 0.717) is 33.9 Å². The van der Waals surface area contributed by atoms with E-state index in [9.17, 15) is 24.4 Å². The van der Waals surface area contributed by atoms with Crippen molar-refractivity contribution in [2.45, 2.75) is 63.4 Å². The van der Waals surface area contributed by atoms with Gasteiger partial charge >= 0.3 is 8.25 Å². The lowest BCUT2D eigenvalue weighted by Crippen LogP contribution is -2.39. The van der Waals surface area contributed by atoms with E-state index in [1.54, 1.807) is 60.9 Å². The summed E-state index contributed by atoms with van der Waals surface area (Å²) in [5.41, 5.74) is -1.07. The van der Waals surface area contributed by atoms with Crippen LogP contribution in [-0.4, -0.2) is 52.0 Å². The van der Waals surface area contributed by atoms with Crippen LogP contribution in [0.25, 0.3) is 0 Å². The number of hydrogen-bond donors (Lipinski definition) is 2. The minimum absolute atomic E-state index is 0.0331. The number of carbonyl (C=O) groups is 2. The van der Waals surface area contributed by atoms with Crippen LogP contribution in [-0.2, 0) is 61.0 Å². The van der Waals surface area contributed by atoms with Crippen molar-refractivity contribution in [2.75, 3.05) is 9.80 Å². The van der Waals surface area contributed by atoms with Crippen molar-refractivity contribution in [2.24, 2.45) is 11.8 Å². The molecular formula is C34H31N8O7P. The zero-order chi connectivity index (χ0) is 34.5. The van der Waals surface area contributed by atoms with E-state index in [-0.39, 0.29) is 38.4 Å². The zero-order valence-corrected chi connectivity index (χ0v) is 27.6. The second-order valence-corrected chi connectivity index (χ2v) is 13.7. The molecule has 2 atom stereocenters. The Morgan fingerprint density at radius 3 is 1.56 bits per heavy atom. The summed E-state index contributed by atoms with van der Waals surface area (Å²) in [4.78, 5) is 29.5. The number of para-hydroxylation sites is 2. The molecule has 2 aromatic carbocycles. The Kier molecular flexibility index (Phi) is 8.10. The molecule has 4 aromatic rings. The highest BCUT2D eigenvalue weighted by Crippen LogP contribution is 2.42. The smallest absolute Gasteiger partial charge is 0.322 e. The maximum atomic E-state index is 13.4. The molecule has 0 radical (unpaired) electrons. The van der Waals surface area contributed by atoms with E-state index in [1.807, 2.05) is 0 Å². The van der Waals surface area contributed by atoms with E-state index in [0.717, 1.165) is 25.7 Å². The van der Waals surface area contributed by atoms with Gasteiger partial charge in [-0.3, -0.25) is 23.2 Å². The van der Waals surface area contributed by atoms with Gasteiger partial charge in [0.15, 0.2) is 0 Å². The van der Waals surface area contributed by atoms with Crippen molar-refractivity contribution in [3.05, 3.63) is 83.4 Å². The molecule has 2 aromatic heterocycles. The number of anilines is 2. The number of amides is 2. The quantitative estimate of drug-likeness (QED) is 0.184. The van der Waals surface area contributed by atoms with Crippen LogP contribution in [0.5, 0.6) is 0 Å². The number of hydrogen-bond acceptors (Lipinski definition) is 11. The fourth-order valence-corrected chi connectivity index (χ4v) is 6.40. The van der Waals surface area contributed by atoms with Crippen LogP contribution >= 0.6 is 8.25 Å². The molecule has 4 aliphatic rings. The van der Waals surface area contributed by atoms with E-state index < -0.39 is 31.3 Å². The van der Waals surface area contributed by atoms with Crippen molar-refractivity contribution in [3.63, 3.8) is 0 Å². The number of nitrogens with zero attached hydrogens (tertiary/aromatic N) is 8. The van der Waals surface area contributed by atoms with Crippen LogP contribution in [0.3, 0.4) is 0 Å². The number of fused-ring (bicyclic) bond motifs is 2. The number of benzene rings is 2. The third-order valence-corrected chi connectivity index (χ3v) is 9.52. The first-order valence-electron chi connectivity index (χ1n) is 16.1. The first-order valence-corrected chi connectivity index (χ1v) is 17.3. The molecule has 2 aliphatic carbocycles. The summed E-state index contributed by atoms with van der Waals surface area (Å²) in [5, 5.41) is 38.7. The van der Waals surface area contributed by atoms with Gasteiger partial charge in [-0.2, -0.15) is 0 Å². The molecule has 0 unspecified atom stereocenters. The van der Waals surface area contributed by atoms with Crippen molar-refractivity contribution >= 4 is 31.4 Å². The van der Waals surface area contributed by atoms with Gasteiger partial charge in [0, 0.05) is 23.0 Å². The second-order valence-electron chi connectivity index (χ2n) is 12.6. The summed E-state index contributed by atoms with van der Waals surface area (Å²) in [7, 11) is -3.01. The molecule has 254 valence electrons. The zero-order valence-electron chi connectivity index (χ0n) is 26.6. The van der Waals surface area contributed by atoms with Gasteiger partial charge in [0.25, 0.3) is 11.8 Å². The van der Waals surface area contributed by atoms with E-state index in [1.165, 1.54) is 19.2 Å². The van der Waals surface area contributed by atoms with Crippen LogP contribution in [0.15, 0.2) is 60.9 Å². The monoisotopic (exact) mass is 694 g/mol. The molecule has 2 saturated carbocycles. The molecule has 15 nitrogen and oxygen atoms in total. The molecule has 8 rings (SSSR count). The van der Waals surface area contributed by atoms with Gasteiger partial charge in [-0.15, -0.1) is 10.2 Å². The predicted molar refractivity (Wildman–Crippen MR) is 175 cm³/mol. The summed E-state index contributed by atoms with van der Waals surface area (Å²) < 4.78 is 25.8. The fraction of sp³-hybridized carbons (Fsp3) is 0.353. The maximum Gasteiger partial charge on any atom is 0.322 e. The van der Waals surface area contributed by atoms with Crippen LogP contribution in [0.4, 0.5) is 11.4 Å². The normalized spacial score (nSPS) is 22.3. The lowest BCUT2D eigenvalue weighted by molar-refractivity contribution is -0.131. The maximum absolute atomic E-state index is 13.4. The van der Waals surface area contributed by atoms with Crippen molar-refractivity contribution in [3.8, 4) is 23.7 Å². The molecular weight excluding hydrogens is 663 g/mol. The first-order chi connectivity index (χ1) is 24.2. The van der Waals surface area contributed by atoms with Crippen molar-refractivity contribution in [1.82, 2.24) is 30.0 Å². The molecule has 0 spiro atoms. The van der Waals surface area contributed by atoms with Gasteiger partial charge in [-0.05, 0) is 37.8 Å². The third-order valence-electron chi connectivity index (χ3n) is 8.79. The minimum atomic E-state index is -3.01. The summed E-state index contributed by atoms with van der Waals surface area (Å²) in [6, 6.07) is 13.9. The average molecular weight is 695 g/mol. The highest BCUT2D eigenvalue weighted by molar-refractivity contribution is 7.33. The van der Waals surface area contributed by atoms with Gasteiger partial charge in [-0.25, -0.2) is 9.36 Å². The minimum Gasteiger partial charge on any atom is -0.366 e. The molecule has 0 bridgehead atoms. The third kappa shape index (κ3) is 6.11. The number of aliphatic hydroxyl groups is 2. The Morgan fingerprint density at radius 2 is 1.14 bits per heavy atom. The van der Waals surface area contributed by atoms with Gasteiger partial charge in [0.1, 0.15) is 24.8 Å². The topological polar surface area (TPSA) is 178 Å². The van der Waals surface area contributed by atoms with Crippen LogP contribution in [0, 0.1) is 35.5 Å². The van der Waals surface area contributed by atoms with Crippen molar-refractivity contribution in [1.29, 1.82) is 0 Å². The highest BCUT2D eigenvalue weighted by Gasteiger charge is 2.50. The van der Waals surface area contributed by atoms with Gasteiger partial charge < -0.3 is 20.0 Å². The van der Waals surface area contributed by atoms with Crippen LogP contribution in [0.2, 0.25) is 0 Å². The molecule has 2 amide bonds. The van der Waals surface area contributed by atoms with Gasteiger partial charge in [-0.1, -0.05) is 70.5 Å². The molecule has 4 heterocycles. The Hall–Kier alpha value is -5.15. The summed E-state index contributed by atoms with van der Waals surface area (Å²) in [5.74, 6) is 11.0. The lowest BCUT2D eigenvalue weighted by Gasteiger charge is -2.18. The lowest BCUT2D eigenvalue weighted by atomic mass is 9.96. The number of aromatic nitrogens is 6. The highest BCUT2D eigenvalue weighted by atomic mass is 31.1. The molecule has 16 heteroatoms. The largest absolute Gasteiger partial charge is 0.366 e. The Morgan fingerprint density at radius 1 is 0.720 bits per heavy atom. The summed E-state index contributed by atoms with van der Waals surface area (Å²) >= 11 is 0. The van der Waals surface area contributed by atoms with Gasteiger partial charge in [0.05, 0.1) is 36.9 Å². The standard InChI is InChI=1S/C34H31N8O7P/c43-31-33(45,15-13-23-9-10-23)27-5-1-3-7-29(27)41(31)19-25-17-39(37-35-25)21-48-50(47)49-22-40-18-26(36-38-40)20-42-30-8-4-2-6-28(30)34(46,32(42)44)16-14-24-11-12-24/h1-8,17-18,23-24,45-46,50H,9-12,19-22H2/t33-,34-/m0/s1. The van der Waals surface area contributed by atoms with Gasteiger partial charge in [0.2, 0.25) is 11.2 Å². The van der Waals surface area contributed by atoms with Crippen LogP contribution < -0.4 is 9.80 Å². The fourth-order valence-electron chi connectivity index (χ4n) is 5.85. The SMILES string of the molecule is O=C1N(Cc2cn(CO[PH](=O)OCn3cc(CN4C(=O)[C@](O)(C#CC5CC5)c5ccccc54)nn3)nn2)c2ccccc2[C@@]1(O)C#CC1CC1. The number of rotatable bonds is 10. The number of carbonyl (C=O) groups excluding carboxylic acids is 2. The molecule has 2 N–H and O–H groups in total. The van der Waals surface area contributed by atoms with Crippen molar-refractivity contribution < 1.29 is 33.4 Å². The first kappa shape index (κ1) is 32.1. The molecule has 0 saturated heterocycles. The molecule has 50 heavy (non-hydrogen) atoms. The predicted octanol–water partition coefficient (Wildman–Crippen LogP) is 2.20. The Balaban J connectivity index is 0.845. The van der Waals surface area contributed by atoms with E-state index in [4.69, 9.17) is 9.05 Å². The summed E-state index contributed by atoms with van der Waals surface area (Å²) in [6.45, 7) is -0.410. The second kappa shape index (κ2) is 12.6.